The largest absolute Gasteiger partial charge is 0.294 e. The van der Waals surface area contributed by atoms with E-state index in [9.17, 15) is 25.3 Å². The van der Waals surface area contributed by atoms with Crippen molar-refractivity contribution in [3.63, 3.8) is 0 Å². The van der Waals surface area contributed by atoms with Gasteiger partial charge in [0.15, 0.2) is 0 Å². The van der Waals surface area contributed by atoms with Gasteiger partial charge in [-0.2, -0.15) is 25.3 Å². The van der Waals surface area contributed by atoms with E-state index in [0.717, 1.165) is 5.56 Å². The zero-order valence-electron chi connectivity index (χ0n) is 11.3. The average molecular weight is 364 g/mol. The summed E-state index contributed by atoms with van der Waals surface area (Å²) >= 11 is 0. The molecule has 0 aliphatic heterocycles. The first kappa shape index (κ1) is 22.2. The van der Waals surface area contributed by atoms with Crippen LogP contribution in [-0.4, -0.2) is 51.4 Å². The van der Waals surface area contributed by atoms with Gasteiger partial charge in [0.1, 0.15) is 0 Å². The fourth-order valence-electron chi connectivity index (χ4n) is 0.710. The molecule has 0 bridgehead atoms. The maximum absolute atomic E-state index is 10.5. The lowest BCUT2D eigenvalue weighted by atomic mass is 10.2. The Kier molecular flexibility index (Phi) is 8.90. The first-order chi connectivity index (χ1) is 9.00. The van der Waals surface area contributed by atoms with Crippen molar-refractivity contribution in [1.29, 1.82) is 0 Å². The van der Waals surface area contributed by atoms with E-state index in [0.29, 0.717) is 12.5 Å². The molecule has 0 aromatic heterocycles. The summed E-state index contributed by atoms with van der Waals surface area (Å²) in [5.74, 6) is 0. The van der Waals surface area contributed by atoms with Crippen LogP contribution in [0.15, 0.2) is 29.2 Å². The second-order valence-corrected chi connectivity index (χ2v) is 8.11. The molecule has 0 unspecified atom stereocenters. The average Bonchev–Trinajstić information content (AvgIpc) is 2.10. The molecule has 0 aliphatic rings. The summed E-state index contributed by atoms with van der Waals surface area (Å²) in [7, 11) is -11.4. The molecule has 12 heteroatoms. The standard InChI is InChI=1S/C7H8O3S.2CH4O3S/c1-6-2-4-7(5-3-6)11(8,9)10;2*1-5(2,3)4/h2-5H,1H3,(H,8,9,10);2*1H3,(H,2,3,4). The quantitative estimate of drug-likeness (QED) is 0.592. The van der Waals surface area contributed by atoms with Gasteiger partial charge in [-0.25, -0.2) is 0 Å². The van der Waals surface area contributed by atoms with E-state index in [1.165, 1.54) is 12.1 Å². The molecule has 0 spiro atoms. The van der Waals surface area contributed by atoms with Gasteiger partial charge in [-0.1, -0.05) is 17.7 Å². The van der Waals surface area contributed by atoms with Crippen LogP contribution in [0, 0.1) is 6.92 Å². The van der Waals surface area contributed by atoms with Crippen molar-refractivity contribution in [2.24, 2.45) is 0 Å². The van der Waals surface area contributed by atoms with Crippen molar-refractivity contribution in [3.8, 4) is 0 Å². The van der Waals surface area contributed by atoms with Crippen LogP contribution >= 0.6 is 0 Å². The Hall–Kier alpha value is -1.05. The minimum absolute atomic E-state index is 0.0666. The molecule has 0 aliphatic carbocycles. The van der Waals surface area contributed by atoms with Gasteiger partial charge in [0.2, 0.25) is 0 Å². The summed E-state index contributed by atoms with van der Waals surface area (Å²) in [4.78, 5) is -0.0666. The van der Waals surface area contributed by atoms with E-state index in [2.05, 4.69) is 0 Å². The first-order valence-electron chi connectivity index (χ1n) is 4.89. The van der Waals surface area contributed by atoms with E-state index >= 15 is 0 Å². The summed E-state index contributed by atoms with van der Waals surface area (Å²) in [6.07, 6.45) is 1.43. The third kappa shape index (κ3) is 24.4. The Bertz CT molecular complexity index is 682. The Morgan fingerprint density at radius 1 is 0.714 bits per heavy atom. The lowest BCUT2D eigenvalue weighted by molar-refractivity contribution is 0.482. The lowest BCUT2D eigenvalue weighted by Gasteiger charge is -1.95. The highest BCUT2D eigenvalue weighted by atomic mass is 32.2. The summed E-state index contributed by atoms with van der Waals surface area (Å²) in [5.41, 5.74) is 0.956. The van der Waals surface area contributed by atoms with Crippen molar-refractivity contribution < 1.29 is 38.9 Å². The van der Waals surface area contributed by atoms with Gasteiger partial charge in [-0.05, 0) is 19.1 Å². The maximum atomic E-state index is 10.5. The smallest absolute Gasteiger partial charge is 0.286 e. The van der Waals surface area contributed by atoms with Gasteiger partial charge in [0.05, 0.1) is 17.4 Å². The van der Waals surface area contributed by atoms with E-state index in [1.807, 2.05) is 6.92 Å². The van der Waals surface area contributed by atoms with Crippen LogP contribution in [0.3, 0.4) is 0 Å². The topological polar surface area (TPSA) is 163 Å². The van der Waals surface area contributed by atoms with E-state index in [-0.39, 0.29) is 4.90 Å². The molecule has 0 amide bonds. The molecule has 3 N–H and O–H groups in total. The number of benzene rings is 1. The number of hydrogen-bond acceptors (Lipinski definition) is 6. The van der Waals surface area contributed by atoms with Gasteiger partial charge < -0.3 is 0 Å². The molecule has 0 saturated carbocycles. The summed E-state index contributed by atoms with van der Waals surface area (Å²) in [6.45, 7) is 1.84. The van der Waals surface area contributed by atoms with Crippen LogP contribution in [-0.2, 0) is 30.4 Å². The maximum Gasteiger partial charge on any atom is 0.294 e. The van der Waals surface area contributed by atoms with Crippen LogP contribution in [0.5, 0.6) is 0 Å². The fraction of sp³-hybridized carbons (Fsp3) is 0.333. The van der Waals surface area contributed by atoms with Crippen molar-refractivity contribution in [2.75, 3.05) is 12.5 Å². The predicted octanol–water partition coefficient (Wildman–Crippen LogP) is 0.250. The third-order valence-corrected chi connectivity index (χ3v) is 2.19. The zero-order valence-corrected chi connectivity index (χ0v) is 13.8. The lowest BCUT2D eigenvalue weighted by Crippen LogP contribution is -1.96. The minimum atomic E-state index is -4.02. The zero-order chi connectivity index (χ0) is 17.5. The van der Waals surface area contributed by atoms with Crippen LogP contribution in [0.1, 0.15) is 5.56 Å². The van der Waals surface area contributed by atoms with Crippen molar-refractivity contribution in [3.05, 3.63) is 29.8 Å². The molecule has 0 radical (unpaired) electrons. The van der Waals surface area contributed by atoms with Crippen LogP contribution in [0.25, 0.3) is 0 Å². The van der Waals surface area contributed by atoms with E-state index < -0.39 is 30.4 Å². The Balaban J connectivity index is 0. The van der Waals surface area contributed by atoms with Gasteiger partial charge in [-0.15, -0.1) is 0 Å². The molecule has 0 saturated heterocycles. The van der Waals surface area contributed by atoms with E-state index in [1.54, 1.807) is 12.1 Å². The van der Waals surface area contributed by atoms with Crippen molar-refractivity contribution in [1.82, 2.24) is 0 Å². The Labute approximate surface area is 123 Å². The second kappa shape index (κ2) is 8.41. The first-order valence-corrected chi connectivity index (χ1v) is 10.0. The molecule has 0 heterocycles. The molecule has 0 fully saturated rings. The highest BCUT2D eigenvalue weighted by Gasteiger charge is 2.06. The molecule has 9 nitrogen and oxygen atoms in total. The molecular formula is C9H16O9S3. The van der Waals surface area contributed by atoms with Gasteiger partial charge in [0.25, 0.3) is 30.4 Å². The molecule has 1 aromatic rings. The van der Waals surface area contributed by atoms with Gasteiger partial charge in [-0.3, -0.25) is 13.7 Å². The highest BCUT2D eigenvalue weighted by Crippen LogP contribution is 2.08. The predicted molar refractivity (Wildman–Crippen MR) is 75.9 cm³/mol. The number of rotatable bonds is 1. The minimum Gasteiger partial charge on any atom is -0.286 e. The third-order valence-electron chi connectivity index (χ3n) is 1.32. The van der Waals surface area contributed by atoms with Gasteiger partial charge >= 0.3 is 0 Å². The molecule has 1 rings (SSSR count). The number of aryl methyl sites for hydroxylation is 1. The van der Waals surface area contributed by atoms with Crippen molar-refractivity contribution in [2.45, 2.75) is 11.8 Å². The summed E-state index contributed by atoms with van der Waals surface area (Å²) < 4.78 is 81.3. The van der Waals surface area contributed by atoms with Crippen molar-refractivity contribution >= 4 is 30.4 Å². The van der Waals surface area contributed by atoms with Crippen LogP contribution < -0.4 is 0 Å². The SMILES string of the molecule is CS(=O)(=O)O.CS(=O)(=O)O.Cc1ccc(S(=O)(=O)O)cc1. The molecule has 124 valence electrons. The summed E-state index contributed by atoms with van der Waals surface area (Å²) in [5, 5.41) is 0. The molecule has 0 atom stereocenters. The normalized spacial score (nSPS) is 11.5. The summed E-state index contributed by atoms with van der Waals surface area (Å²) in [6, 6.07) is 5.99. The molecular weight excluding hydrogens is 348 g/mol. The van der Waals surface area contributed by atoms with E-state index in [4.69, 9.17) is 13.7 Å². The van der Waals surface area contributed by atoms with Crippen LogP contribution in [0.4, 0.5) is 0 Å². The fourth-order valence-corrected chi connectivity index (χ4v) is 1.19. The molecule has 1 aromatic carbocycles. The second-order valence-electron chi connectivity index (χ2n) is 3.75. The number of hydrogen-bond donors (Lipinski definition) is 3. The monoisotopic (exact) mass is 364 g/mol. The Morgan fingerprint density at radius 3 is 1.14 bits per heavy atom. The highest BCUT2D eigenvalue weighted by molar-refractivity contribution is 7.86. The Morgan fingerprint density at radius 2 is 0.952 bits per heavy atom. The van der Waals surface area contributed by atoms with Gasteiger partial charge in [0, 0.05) is 0 Å². The molecule has 21 heavy (non-hydrogen) atoms. The van der Waals surface area contributed by atoms with Crippen LogP contribution in [0.2, 0.25) is 0 Å².